The molecule has 88 valence electrons. The SMILES string of the molecule is CC1CC(O)(c2cccc(Cl)c2)CC(C)O1. The Balaban J connectivity index is 2.30. The first-order valence-electron chi connectivity index (χ1n) is 5.63. The summed E-state index contributed by atoms with van der Waals surface area (Å²) in [7, 11) is 0. The van der Waals surface area contributed by atoms with Gasteiger partial charge in [-0.3, -0.25) is 0 Å². The van der Waals surface area contributed by atoms with Crippen molar-refractivity contribution in [3.05, 3.63) is 34.9 Å². The van der Waals surface area contributed by atoms with E-state index >= 15 is 0 Å². The van der Waals surface area contributed by atoms with Gasteiger partial charge in [0, 0.05) is 17.9 Å². The summed E-state index contributed by atoms with van der Waals surface area (Å²) in [6, 6.07) is 7.46. The third-order valence-electron chi connectivity index (χ3n) is 3.08. The van der Waals surface area contributed by atoms with Crippen LogP contribution in [0.3, 0.4) is 0 Å². The average Bonchev–Trinajstić information content (AvgIpc) is 2.15. The molecule has 0 aliphatic carbocycles. The molecule has 16 heavy (non-hydrogen) atoms. The smallest absolute Gasteiger partial charge is 0.0946 e. The lowest BCUT2D eigenvalue weighted by molar-refractivity contribution is -0.135. The summed E-state index contributed by atoms with van der Waals surface area (Å²) >= 11 is 5.96. The molecule has 0 bridgehead atoms. The van der Waals surface area contributed by atoms with Crippen LogP contribution in [-0.2, 0) is 10.3 Å². The Bertz CT molecular complexity index is 368. The Morgan fingerprint density at radius 1 is 1.31 bits per heavy atom. The first-order chi connectivity index (χ1) is 7.49. The Labute approximate surface area is 101 Å². The van der Waals surface area contributed by atoms with Crippen molar-refractivity contribution in [2.24, 2.45) is 0 Å². The van der Waals surface area contributed by atoms with E-state index in [1.54, 1.807) is 0 Å². The fraction of sp³-hybridized carbons (Fsp3) is 0.538. The third-order valence-corrected chi connectivity index (χ3v) is 3.31. The molecule has 1 aliphatic rings. The summed E-state index contributed by atoms with van der Waals surface area (Å²) in [5.74, 6) is 0. The summed E-state index contributed by atoms with van der Waals surface area (Å²) < 4.78 is 5.64. The van der Waals surface area contributed by atoms with Crippen molar-refractivity contribution in [3.63, 3.8) is 0 Å². The summed E-state index contributed by atoms with van der Waals surface area (Å²) in [5.41, 5.74) is 0.0872. The van der Waals surface area contributed by atoms with Gasteiger partial charge in [0.1, 0.15) is 0 Å². The fourth-order valence-corrected chi connectivity index (χ4v) is 2.73. The normalized spacial score (nSPS) is 35.0. The van der Waals surface area contributed by atoms with Crippen LogP contribution < -0.4 is 0 Å². The van der Waals surface area contributed by atoms with Crippen molar-refractivity contribution in [3.8, 4) is 0 Å². The lowest BCUT2D eigenvalue weighted by Gasteiger charge is -2.39. The molecule has 1 aromatic rings. The van der Waals surface area contributed by atoms with Crippen molar-refractivity contribution >= 4 is 11.6 Å². The average molecular weight is 241 g/mol. The van der Waals surface area contributed by atoms with Crippen molar-refractivity contribution in [1.29, 1.82) is 0 Å². The predicted molar refractivity (Wildman–Crippen MR) is 64.6 cm³/mol. The van der Waals surface area contributed by atoms with E-state index in [0.29, 0.717) is 17.9 Å². The molecule has 0 spiro atoms. The van der Waals surface area contributed by atoms with E-state index in [9.17, 15) is 5.11 Å². The fourth-order valence-electron chi connectivity index (χ4n) is 2.54. The zero-order valence-corrected chi connectivity index (χ0v) is 10.4. The molecule has 1 saturated heterocycles. The molecule has 0 amide bonds. The first-order valence-corrected chi connectivity index (χ1v) is 6.01. The van der Waals surface area contributed by atoms with Crippen LogP contribution in [0.5, 0.6) is 0 Å². The Kier molecular flexibility index (Phi) is 3.24. The predicted octanol–water partition coefficient (Wildman–Crippen LogP) is 3.12. The third kappa shape index (κ3) is 2.40. The molecule has 1 aliphatic heterocycles. The van der Waals surface area contributed by atoms with E-state index in [2.05, 4.69) is 0 Å². The minimum atomic E-state index is -0.804. The van der Waals surface area contributed by atoms with E-state index in [4.69, 9.17) is 16.3 Å². The summed E-state index contributed by atoms with van der Waals surface area (Å²) in [6.45, 7) is 3.98. The van der Waals surface area contributed by atoms with Crippen LogP contribution in [0.4, 0.5) is 0 Å². The maximum Gasteiger partial charge on any atom is 0.0946 e. The van der Waals surface area contributed by atoms with E-state index in [0.717, 1.165) is 5.56 Å². The van der Waals surface area contributed by atoms with Crippen LogP contribution >= 0.6 is 11.6 Å². The Morgan fingerprint density at radius 3 is 2.50 bits per heavy atom. The minimum Gasteiger partial charge on any atom is -0.385 e. The zero-order chi connectivity index (χ0) is 11.8. The van der Waals surface area contributed by atoms with Crippen molar-refractivity contribution in [2.75, 3.05) is 0 Å². The van der Waals surface area contributed by atoms with E-state index in [1.165, 1.54) is 0 Å². The largest absolute Gasteiger partial charge is 0.385 e. The summed E-state index contributed by atoms with van der Waals surface area (Å²) in [5, 5.41) is 11.3. The topological polar surface area (TPSA) is 29.5 Å². The van der Waals surface area contributed by atoms with Crippen LogP contribution in [0.2, 0.25) is 5.02 Å². The summed E-state index contributed by atoms with van der Waals surface area (Å²) in [4.78, 5) is 0. The second kappa shape index (κ2) is 4.36. The first kappa shape index (κ1) is 11.9. The molecule has 0 radical (unpaired) electrons. The minimum absolute atomic E-state index is 0.0766. The van der Waals surface area contributed by atoms with Gasteiger partial charge in [0.15, 0.2) is 0 Å². The van der Waals surface area contributed by atoms with Crippen LogP contribution in [0.15, 0.2) is 24.3 Å². The van der Waals surface area contributed by atoms with Gasteiger partial charge in [-0.25, -0.2) is 0 Å². The Morgan fingerprint density at radius 2 is 1.94 bits per heavy atom. The number of hydrogen-bond donors (Lipinski definition) is 1. The molecule has 2 nitrogen and oxygen atoms in total. The number of benzene rings is 1. The number of rotatable bonds is 1. The van der Waals surface area contributed by atoms with Crippen molar-refractivity contribution in [1.82, 2.24) is 0 Å². The molecule has 2 unspecified atom stereocenters. The maximum atomic E-state index is 10.7. The van der Waals surface area contributed by atoms with Crippen LogP contribution in [-0.4, -0.2) is 17.3 Å². The molecule has 0 saturated carbocycles. The number of ether oxygens (including phenoxy) is 1. The maximum absolute atomic E-state index is 10.7. The lowest BCUT2D eigenvalue weighted by atomic mass is 9.82. The number of halogens is 1. The molecule has 1 aromatic carbocycles. The van der Waals surface area contributed by atoms with E-state index in [1.807, 2.05) is 38.1 Å². The van der Waals surface area contributed by atoms with Gasteiger partial charge >= 0.3 is 0 Å². The molecule has 0 aromatic heterocycles. The van der Waals surface area contributed by atoms with E-state index in [-0.39, 0.29) is 12.2 Å². The lowest BCUT2D eigenvalue weighted by Crippen LogP contribution is -2.41. The molecular formula is C13H17ClO2. The van der Waals surface area contributed by atoms with Gasteiger partial charge in [0.2, 0.25) is 0 Å². The van der Waals surface area contributed by atoms with Gasteiger partial charge in [-0.2, -0.15) is 0 Å². The summed E-state index contributed by atoms with van der Waals surface area (Å²) in [6.07, 6.45) is 1.40. The van der Waals surface area contributed by atoms with Crippen molar-refractivity contribution < 1.29 is 9.84 Å². The second-order valence-electron chi connectivity index (χ2n) is 4.71. The van der Waals surface area contributed by atoms with Gasteiger partial charge in [-0.15, -0.1) is 0 Å². The highest BCUT2D eigenvalue weighted by molar-refractivity contribution is 6.30. The molecule has 2 rings (SSSR count). The Hall–Kier alpha value is -0.570. The quantitative estimate of drug-likeness (QED) is 0.817. The molecule has 1 heterocycles. The molecule has 1 N–H and O–H groups in total. The van der Waals surface area contributed by atoms with Crippen LogP contribution in [0.1, 0.15) is 32.3 Å². The molecular weight excluding hydrogens is 224 g/mol. The standard InChI is InChI=1S/C13H17ClO2/c1-9-7-13(15,8-10(2)16-9)11-4-3-5-12(14)6-11/h3-6,9-10,15H,7-8H2,1-2H3. The van der Waals surface area contributed by atoms with Crippen LogP contribution in [0, 0.1) is 0 Å². The van der Waals surface area contributed by atoms with Gasteiger partial charge in [0.05, 0.1) is 17.8 Å². The highest BCUT2D eigenvalue weighted by Crippen LogP contribution is 2.37. The number of aliphatic hydroxyl groups is 1. The number of hydrogen-bond acceptors (Lipinski definition) is 2. The van der Waals surface area contributed by atoms with Crippen molar-refractivity contribution in [2.45, 2.75) is 44.5 Å². The molecule has 2 atom stereocenters. The van der Waals surface area contributed by atoms with Gasteiger partial charge < -0.3 is 9.84 Å². The molecule has 3 heteroatoms. The second-order valence-corrected chi connectivity index (χ2v) is 5.14. The van der Waals surface area contributed by atoms with Gasteiger partial charge in [-0.05, 0) is 31.5 Å². The highest BCUT2D eigenvalue weighted by atomic mass is 35.5. The van der Waals surface area contributed by atoms with Gasteiger partial charge in [0.25, 0.3) is 0 Å². The van der Waals surface area contributed by atoms with Gasteiger partial charge in [-0.1, -0.05) is 23.7 Å². The molecule has 1 fully saturated rings. The van der Waals surface area contributed by atoms with E-state index < -0.39 is 5.60 Å². The highest BCUT2D eigenvalue weighted by Gasteiger charge is 2.38. The van der Waals surface area contributed by atoms with Crippen LogP contribution in [0.25, 0.3) is 0 Å². The monoisotopic (exact) mass is 240 g/mol. The zero-order valence-electron chi connectivity index (χ0n) is 9.61.